The average molecular weight is 290 g/mol. The fraction of sp³-hybridized carbons (Fsp3) is 0.556. The Hall–Kier alpha value is -1.64. The number of carbonyl (C=O) groups excluding carboxylic acids is 1. The lowest BCUT2D eigenvalue weighted by atomic mass is 9.95. The van der Waals surface area contributed by atoms with E-state index in [1.807, 2.05) is 6.08 Å². The van der Waals surface area contributed by atoms with Crippen LogP contribution in [0.3, 0.4) is 0 Å². The topological polar surface area (TPSA) is 54.4 Å². The normalized spacial score (nSPS) is 20.0. The van der Waals surface area contributed by atoms with E-state index in [1.54, 1.807) is 6.08 Å². The van der Waals surface area contributed by atoms with Gasteiger partial charge in [0.25, 0.3) is 0 Å². The molecule has 0 aromatic heterocycles. The highest BCUT2D eigenvalue weighted by Gasteiger charge is 2.22. The van der Waals surface area contributed by atoms with Crippen molar-refractivity contribution in [3.05, 3.63) is 36.0 Å². The number of hydrogen-bond donors (Lipinski definition) is 1. The van der Waals surface area contributed by atoms with Crippen LogP contribution in [0.25, 0.3) is 0 Å². The maximum Gasteiger partial charge on any atom is 0.303 e. The summed E-state index contributed by atoms with van der Waals surface area (Å²) in [7, 11) is 0. The van der Waals surface area contributed by atoms with Gasteiger partial charge in [0.05, 0.1) is 0 Å². The summed E-state index contributed by atoms with van der Waals surface area (Å²) in [6.07, 6.45) is 16.9. The fourth-order valence-electron chi connectivity index (χ4n) is 2.48. The molecular formula is C18H26O3. The SMILES string of the molecule is CC/C=C\CC1C(=O)C=C/C1=C\CCCCCCC(=O)O. The molecule has 116 valence electrons. The van der Waals surface area contributed by atoms with Crippen molar-refractivity contribution in [2.75, 3.05) is 0 Å². The van der Waals surface area contributed by atoms with E-state index in [-0.39, 0.29) is 18.1 Å². The number of ketones is 1. The zero-order valence-electron chi connectivity index (χ0n) is 12.9. The van der Waals surface area contributed by atoms with Crippen LogP contribution >= 0.6 is 0 Å². The summed E-state index contributed by atoms with van der Waals surface area (Å²) in [5.74, 6) is -0.488. The number of carboxylic acid groups (broad SMARTS) is 1. The Morgan fingerprint density at radius 1 is 1.19 bits per heavy atom. The first kappa shape index (κ1) is 17.4. The minimum Gasteiger partial charge on any atom is -0.481 e. The van der Waals surface area contributed by atoms with Crippen molar-refractivity contribution < 1.29 is 14.7 Å². The molecule has 1 atom stereocenters. The highest BCUT2D eigenvalue weighted by Crippen LogP contribution is 2.26. The van der Waals surface area contributed by atoms with Gasteiger partial charge in [0, 0.05) is 12.3 Å². The second-order valence-corrected chi connectivity index (χ2v) is 5.45. The maximum absolute atomic E-state index is 11.8. The standard InChI is InChI=1S/C18H26O3/c1-2-3-7-11-16-15(13-14-17(16)19)10-8-5-4-6-9-12-18(20)21/h3,7,10,13-14,16H,2,4-6,8-9,11-12H2,1H3,(H,20,21)/b7-3-,15-10+. The molecule has 1 N–H and O–H groups in total. The number of aliphatic carboxylic acids is 1. The molecule has 1 rings (SSSR count). The van der Waals surface area contributed by atoms with Gasteiger partial charge >= 0.3 is 5.97 Å². The lowest BCUT2D eigenvalue weighted by Crippen LogP contribution is -2.07. The molecule has 3 heteroatoms. The molecule has 0 aromatic carbocycles. The number of unbranched alkanes of at least 4 members (excludes halogenated alkanes) is 4. The summed E-state index contributed by atoms with van der Waals surface area (Å²) >= 11 is 0. The number of allylic oxidation sites excluding steroid dienone is 6. The minimum atomic E-state index is -0.713. The highest BCUT2D eigenvalue weighted by atomic mass is 16.4. The number of hydrogen-bond acceptors (Lipinski definition) is 2. The van der Waals surface area contributed by atoms with Crippen LogP contribution in [0, 0.1) is 5.92 Å². The lowest BCUT2D eigenvalue weighted by Gasteiger charge is -2.08. The van der Waals surface area contributed by atoms with E-state index in [9.17, 15) is 9.59 Å². The van der Waals surface area contributed by atoms with Crippen LogP contribution in [0.5, 0.6) is 0 Å². The molecule has 3 nitrogen and oxygen atoms in total. The smallest absolute Gasteiger partial charge is 0.303 e. The molecule has 21 heavy (non-hydrogen) atoms. The molecule has 0 fully saturated rings. The largest absolute Gasteiger partial charge is 0.481 e. The van der Waals surface area contributed by atoms with E-state index in [0.717, 1.165) is 50.5 Å². The van der Waals surface area contributed by atoms with Gasteiger partial charge in [-0.2, -0.15) is 0 Å². The van der Waals surface area contributed by atoms with E-state index < -0.39 is 5.97 Å². The Morgan fingerprint density at radius 2 is 1.95 bits per heavy atom. The van der Waals surface area contributed by atoms with E-state index in [4.69, 9.17) is 5.11 Å². The third-order valence-corrected chi connectivity index (χ3v) is 3.68. The Bertz CT molecular complexity index is 430. The fourth-order valence-corrected chi connectivity index (χ4v) is 2.48. The van der Waals surface area contributed by atoms with Crippen LogP contribution in [0.4, 0.5) is 0 Å². The molecular weight excluding hydrogens is 264 g/mol. The van der Waals surface area contributed by atoms with Crippen LogP contribution in [0.15, 0.2) is 36.0 Å². The summed E-state index contributed by atoms with van der Waals surface area (Å²) in [5, 5.41) is 8.55. The summed E-state index contributed by atoms with van der Waals surface area (Å²) in [5.41, 5.74) is 1.14. The zero-order chi connectivity index (χ0) is 15.5. The second kappa shape index (κ2) is 10.1. The molecule has 0 aliphatic heterocycles. The summed E-state index contributed by atoms with van der Waals surface area (Å²) in [4.78, 5) is 22.2. The first-order valence-corrected chi connectivity index (χ1v) is 7.94. The summed E-state index contributed by atoms with van der Waals surface area (Å²) in [6.45, 7) is 2.09. The van der Waals surface area contributed by atoms with Crippen molar-refractivity contribution >= 4 is 11.8 Å². The van der Waals surface area contributed by atoms with E-state index >= 15 is 0 Å². The van der Waals surface area contributed by atoms with Crippen molar-refractivity contribution in [1.82, 2.24) is 0 Å². The molecule has 1 aliphatic carbocycles. The van der Waals surface area contributed by atoms with Gasteiger partial charge in [-0.05, 0) is 43.8 Å². The van der Waals surface area contributed by atoms with Gasteiger partial charge in [-0.25, -0.2) is 0 Å². The van der Waals surface area contributed by atoms with Crippen molar-refractivity contribution in [3.63, 3.8) is 0 Å². The van der Waals surface area contributed by atoms with Gasteiger partial charge < -0.3 is 5.11 Å². The minimum absolute atomic E-state index is 0.0137. The molecule has 0 amide bonds. The van der Waals surface area contributed by atoms with Gasteiger partial charge in [0.2, 0.25) is 0 Å². The quantitative estimate of drug-likeness (QED) is 0.477. The molecule has 0 radical (unpaired) electrons. The van der Waals surface area contributed by atoms with Crippen LogP contribution in [0.1, 0.15) is 58.3 Å². The highest BCUT2D eigenvalue weighted by molar-refractivity contribution is 5.98. The molecule has 0 saturated heterocycles. The monoisotopic (exact) mass is 290 g/mol. The molecule has 0 heterocycles. The van der Waals surface area contributed by atoms with Gasteiger partial charge in [-0.15, -0.1) is 0 Å². The molecule has 1 unspecified atom stereocenters. The Morgan fingerprint density at radius 3 is 2.67 bits per heavy atom. The third kappa shape index (κ3) is 7.07. The van der Waals surface area contributed by atoms with E-state index in [0.29, 0.717) is 0 Å². The second-order valence-electron chi connectivity index (χ2n) is 5.45. The first-order valence-electron chi connectivity index (χ1n) is 7.94. The number of rotatable bonds is 10. The van der Waals surface area contributed by atoms with Crippen molar-refractivity contribution in [2.24, 2.45) is 5.92 Å². The van der Waals surface area contributed by atoms with Gasteiger partial charge in [-0.1, -0.05) is 44.1 Å². The zero-order valence-corrected chi connectivity index (χ0v) is 12.9. The van der Waals surface area contributed by atoms with E-state index in [1.165, 1.54) is 0 Å². The van der Waals surface area contributed by atoms with E-state index in [2.05, 4.69) is 25.2 Å². The first-order chi connectivity index (χ1) is 10.1. The van der Waals surface area contributed by atoms with Crippen LogP contribution in [-0.2, 0) is 9.59 Å². The molecule has 0 bridgehead atoms. The van der Waals surface area contributed by atoms with Crippen LogP contribution in [0.2, 0.25) is 0 Å². The van der Waals surface area contributed by atoms with Crippen LogP contribution in [-0.4, -0.2) is 16.9 Å². The molecule has 0 spiro atoms. The van der Waals surface area contributed by atoms with Gasteiger partial charge in [0.15, 0.2) is 5.78 Å². The third-order valence-electron chi connectivity index (χ3n) is 3.68. The van der Waals surface area contributed by atoms with Gasteiger partial charge in [0.1, 0.15) is 0 Å². The molecule has 1 aliphatic rings. The Kier molecular flexibility index (Phi) is 8.41. The van der Waals surface area contributed by atoms with Crippen LogP contribution < -0.4 is 0 Å². The Balaban J connectivity index is 2.27. The predicted molar refractivity (Wildman–Crippen MR) is 85.1 cm³/mol. The van der Waals surface area contributed by atoms with Crippen molar-refractivity contribution in [1.29, 1.82) is 0 Å². The number of carboxylic acids is 1. The summed E-state index contributed by atoms with van der Waals surface area (Å²) < 4.78 is 0. The molecule has 0 aromatic rings. The predicted octanol–water partition coefficient (Wildman–Crippen LogP) is 4.45. The average Bonchev–Trinajstić information content (AvgIpc) is 2.79. The maximum atomic E-state index is 11.8. The Labute approximate surface area is 127 Å². The lowest BCUT2D eigenvalue weighted by molar-refractivity contribution is -0.137. The van der Waals surface area contributed by atoms with Gasteiger partial charge in [-0.3, -0.25) is 9.59 Å². The molecule has 0 saturated carbocycles. The summed E-state index contributed by atoms with van der Waals surface area (Å²) in [6, 6.07) is 0. The van der Waals surface area contributed by atoms with Crippen molar-refractivity contribution in [3.8, 4) is 0 Å². The van der Waals surface area contributed by atoms with Crippen molar-refractivity contribution in [2.45, 2.75) is 58.3 Å². The number of carbonyl (C=O) groups is 2.